The van der Waals surface area contributed by atoms with Crippen LogP contribution in [0.5, 0.6) is 0 Å². The molecule has 0 aliphatic heterocycles. The largest absolute Gasteiger partial charge is 0.378 e. The molecule has 0 radical (unpaired) electrons. The van der Waals surface area contributed by atoms with Gasteiger partial charge in [0, 0.05) is 72.7 Å². The predicted molar refractivity (Wildman–Crippen MR) is 236 cm³/mol. The van der Waals surface area contributed by atoms with Gasteiger partial charge in [0.2, 0.25) is 0 Å². The minimum Gasteiger partial charge on any atom is -0.378 e. The normalized spacial score (nSPS) is 18.2. The minimum atomic E-state index is -0.328. The van der Waals surface area contributed by atoms with Gasteiger partial charge in [0.15, 0.2) is 0 Å². The second-order valence-corrected chi connectivity index (χ2v) is 17.2. The molecule has 320 valence electrons. The Labute approximate surface area is 368 Å². The van der Waals surface area contributed by atoms with Gasteiger partial charge in [-0.1, -0.05) is 12.1 Å². The van der Waals surface area contributed by atoms with E-state index in [4.69, 9.17) is 24.7 Å². The summed E-state index contributed by atoms with van der Waals surface area (Å²) in [7, 11) is 1.84. The number of nitrogens with zero attached hydrogens (tertiary/aromatic N) is 11. The van der Waals surface area contributed by atoms with Crippen molar-refractivity contribution in [2.24, 2.45) is 7.05 Å². The van der Waals surface area contributed by atoms with Crippen molar-refractivity contribution in [3.63, 3.8) is 0 Å². The van der Waals surface area contributed by atoms with Gasteiger partial charge in [-0.3, -0.25) is 38.7 Å². The number of anilines is 2. The quantitative estimate of drug-likeness (QED) is 0.0887. The number of hydrogen-bond donors (Lipinski definition) is 3. The first-order chi connectivity index (χ1) is 30.8. The number of hydrogen-bond acceptors (Lipinski definition) is 14. The molecule has 2 aliphatic carbocycles. The number of aromatic amines is 1. The highest BCUT2D eigenvalue weighted by Gasteiger charge is 2.34. The van der Waals surface area contributed by atoms with Crippen LogP contribution in [0.4, 0.5) is 11.4 Å². The zero-order chi connectivity index (χ0) is 42.9. The Morgan fingerprint density at radius 1 is 0.778 bits per heavy atom. The summed E-state index contributed by atoms with van der Waals surface area (Å²) in [5.74, 6) is -0.653. The van der Waals surface area contributed by atoms with Crippen molar-refractivity contribution in [3.05, 3.63) is 108 Å². The molecule has 2 saturated carbocycles. The number of ether oxygens (including phenoxy) is 2. The first kappa shape index (κ1) is 40.3. The second-order valence-electron chi connectivity index (χ2n) is 15.5. The molecule has 18 nitrogen and oxygen atoms in total. The number of amides is 2. The molecule has 0 bridgehead atoms. The fourth-order valence-corrected chi connectivity index (χ4v) is 9.14. The summed E-state index contributed by atoms with van der Waals surface area (Å²) in [5, 5.41) is 31.7. The smallest absolute Gasteiger partial charge is 0.275 e. The van der Waals surface area contributed by atoms with E-state index in [1.165, 1.54) is 22.7 Å². The third-order valence-corrected chi connectivity index (χ3v) is 12.9. The average Bonchev–Trinajstić information content (AvgIpc) is 4.12. The molecule has 2 fully saturated rings. The van der Waals surface area contributed by atoms with Crippen LogP contribution in [0.15, 0.2) is 90.7 Å². The fourth-order valence-electron chi connectivity index (χ4n) is 7.59. The molecular weight excluding hydrogens is 841 g/mol. The van der Waals surface area contributed by atoms with Crippen LogP contribution in [0.25, 0.3) is 43.9 Å². The topological polar surface area (TPSA) is 210 Å². The number of carbonyl (C=O) groups excluding carboxylic acids is 2. The van der Waals surface area contributed by atoms with E-state index in [0.29, 0.717) is 70.2 Å². The molecule has 8 aromatic rings. The molecule has 0 aromatic carbocycles. The zero-order valence-electron chi connectivity index (χ0n) is 34.3. The summed E-state index contributed by atoms with van der Waals surface area (Å²) in [5.41, 5.74) is 6.93. The highest BCUT2D eigenvalue weighted by molar-refractivity contribution is 7.13. The maximum absolute atomic E-state index is 13.4. The van der Waals surface area contributed by atoms with Gasteiger partial charge in [0.1, 0.15) is 32.8 Å². The lowest BCUT2D eigenvalue weighted by molar-refractivity contribution is -0.0273. The first-order valence-electron chi connectivity index (χ1n) is 20.6. The minimum absolute atomic E-state index is 0.0705. The highest BCUT2D eigenvalue weighted by atomic mass is 32.1. The van der Waals surface area contributed by atoms with E-state index in [1.54, 1.807) is 40.2 Å². The molecule has 8 aromatic heterocycles. The van der Waals surface area contributed by atoms with E-state index in [0.717, 1.165) is 47.4 Å². The number of nitrogens with one attached hydrogen (secondary N) is 3. The number of pyridine rings is 2. The maximum atomic E-state index is 13.4. The molecule has 10 rings (SSSR count). The Balaban J connectivity index is 0.761. The Morgan fingerprint density at radius 2 is 1.43 bits per heavy atom. The lowest BCUT2D eigenvalue weighted by atomic mass is 9.89. The number of carbonyl (C=O) groups is 2. The molecule has 0 saturated heterocycles. The van der Waals surface area contributed by atoms with Gasteiger partial charge in [-0.15, -0.1) is 22.7 Å². The van der Waals surface area contributed by atoms with Crippen molar-refractivity contribution in [3.8, 4) is 43.9 Å². The van der Waals surface area contributed by atoms with Gasteiger partial charge in [-0.05, 0) is 62.8 Å². The third kappa shape index (κ3) is 8.70. The molecular formula is C43H42N14O4S2. The molecule has 2 aliphatic rings. The Kier molecular flexibility index (Phi) is 11.2. The maximum Gasteiger partial charge on any atom is 0.275 e. The van der Waals surface area contributed by atoms with Crippen molar-refractivity contribution in [1.29, 1.82) is 0 Å². The van der Waals surface area contributed by atoms with Crippen LogP contribution in [0.1, 0.15) is 71.2 Å². The van der Waals surface area contributed by atoms with Gasteiger partial charge in [-0.25, -0.2) is 9.97 Å². The third-order valence-electron chi connectivity index (χ3n) is 11.1. The van der Waals surface area contributed by atoms with Crippen molar-refractivity contribution < 1.29 is 19.1 Å². The number of thiazole rings is 2. The Hall–Kier alpha value is -6.74. The van der Waals surface area contributed by atoms with E-state index in [1.807, 2.05) is 78.5 Å². The van der Waals surface area contributed by atoms with Crippen LogP contribution < -0.4 is 10.6 Å². The van der Waals surface area contributed by atoms with Crippen molar-refractivity contribution in [2.75, 3.05) is 23.8 Å². The van der Waals surface area contributed by atoms with E-state index < -0.39 is 0 Å². The number of aryl methyl sites for hydroxylation is 1. The van der Waals surface area contributed by atoms with Crippen LogP contribution in [-0.2, 0) is 22.9 Å². The van der Waals surface area contributed by atoms with Crippen LogP contribution in [0.2, 0.25) is 0 Å². The monoisotopic (exact) mass is 882 g/mol. The standard InChI is InChI=1S/C43H42N14O4S2/c1-3-60-30-12-28(13-30)56-22-35(50-40(58)36-23-62-42(51-36)26-17-46-47-18-26)39(54-56)33-8-7-25(16-45-33)9-11-61-31-14-29(15-31)57-21-34(38(53-57)32-6-4-5-10-44-32)49-41(59)37-24-63-43(52-37)27-19-48-55(2)20-27/h4-8,10,16-24,28-31H,3,9,11-15H2,1-2H3,(H,46,47)(H,49,59)(H,50,58)/t28-,29-,30-,31+. The van der Waals surface area contributed by atoms with Crippen molar-refractivity contribution >= 4 is 45.9 Å². The highest BCUT2D eigenvalue weighted by Crippen LogP contribution is 2.39. The summed E-state index contributed by atoms with van der Waals surface area (Å²) >= 11 is 2.77. The fraction of sp³-hybridized carbons (Fsp3) is 0.302. The van der Waals surface area contributed by atoms with E-state index in [9.17, 15) is 9.59 Å². The lowest BCUT2D eigenvalue weighted by Crippen LogP contribution is -2.34. The molecule has 0 spiro atoms. The van der Waals surface area contributed by atoms with E-state index >= 15 is 0 Å². The molecule has 2 amide bonds. The molecule has 0 unspecified atom stereocenters. The van der Waals surface area contributed by atoms with Gasteiger partial charge in [0.05, 0.1) is 66.1 Å². The van der Waals surface area contributed by atoms with E-state index in [2.05, 4.69) is 40.9 Å². The molecule has 3 N–H and O–H groups in total. The Morgan fingerprint density at radius 3 is 1.98 bits per heavy atom. The number of rotatable bonds is 16. The lowest BCUT2D eigenvalue weighted by Gasteiger charge is -2.35. The summed E-state index contributed by atoms with van der Waals surface area (Å²) < 4.78 is 17.6. The van der Waals surface area contributed by atoms with Crippen LogP contribution in [0.3, 0.4) is 0 Å². The van der Waals surface area contributed by atoms with Gasteiger partial charge in [-0.2, -0.15) is 20.4 Å². The number of aromatic nitrogens is 12. The molecule has 63 heavy (non-hydrogen) atoms. The average molecular weight is 883 g/mol. The van der Waals surface area contributed by atoms with Crippen molar-refractivity contribution in [2.45, 2.75) is 63.3 Å². The second kappa shape index (κ2) is 17.6. The van der Waals surface area contributed by atoms with Crippen LogP contribution in [-0.4, -0.2) is 96.7 Å². The van der Waals surface area contributed by atoms with Crippen LogP contribution >= 0.6 is 22.7 Å². The molecule has 0 atom stereocenters. The van der Waals surface area contributed by atoms with Crippen LogP contribution in [0, 0.1) is 0 Å². The van der Waals surface area contributed by atoms with Crippen molar-refractivity contribution in [1.82, 2.24) is 59.5 Å². The first-order valence-corrected chi connectivity index (χ1v) is 22.4. The van der Waals surface area contributed by atoms with E-state index in [-0.39, 0.29) is 36.1 Å². The van der Waals surface area contributed by atoms with Gasteiger partial charge >= 0.3 is 0 Å². The summed E-state index contributed by atoms with van der Waals surface area (Å²) in [6.45, 7) is 3.20. The Bertz CT molecular complexity index is 2830. The summed E-state index contributed by atoms with van der Waals surface area (Å²) in [4.78, 5) is 45.2. The zero-order valence-corrected chi connectivity index (χ0v) is 35.9. The SMILES string of the molecule is CCO[C@H]1C[C@H](n2cc(NC(=O)c3csc(-c4cn[nH]c4)n3)c(-c3ccc(CCO[C@H]4C[C@@H](n5cc(NC(=O)c6csc(-c7cnn(C)c7)n6)c(-c6ccccn6)n5)C4)cn3)n2)C1. The van der Waals surface area contributed by atoms with Gasteiger partial charge in [0.25, 0.3) is 11.8 Å². The molecule has 8 heterocycles. The summed E-state index contributed by atoms with van der Waals surface area (Å²) in [6.07, 6.45) is 18.5. The molecule has 20 heteroatoms. The predicted octanol–water partition coefficient (Wildman–Crippen LogP) is 7.11. The summed E-state index contributed by atoms with van der Waals surface area (Å²) in [6, 6.07) is 9.84. The number of H-pyrrole nitrogens is 1. The van der Waals surface area contributed by atoms with Gasteiger partial charge < -0.3 is 20.1 Å².